The van der Waals surface area contributed by atoms with Crippen LogP contribution < -0.4 is 4.90 Å². The van der Waals surface area contributed by atoms with Crippen LogP contribution in [-0.2, 0) is 11.3 Å². The minimum atomic E-state index is 0.263. The third-order valence-electron chi connectivity index (χ3n) is 4.60. The van der Waals surface area contributed by atoms with E-state index in [9.17, 15) is 0 Å². The molecule has 1 fully saturated rings. The van der Waals surface area contributed by atoms with Gasteiger partial charge in [-0.05, 0) is 25.6 Å². The van der Waals surface area contributed by atoms with E-state index in [0.717, 1.165) is 49.0 Å². The fourth-order valence-electron chi connectivity index (χ4n) is 3.16. The Labute approximate surface area is 133 Å². The molecule has 0 N–H and O–H groups in total. The predicted octanol–water partition coefficient (Wildman–Crippen LogP) is 1.32. The summed E-state index contributed by atoms with van der Waals surface area (Å²) in [6.45, 7) is 7.04. The van der Waals surface area contributed by atoms with Gasteiger partial charge in [-0.2, -0.15) is 9.97 Å². The number of ether oxygens (including phenoxy) is 1. The molecule has 22 heavy (non-hydrogen) atoms. The Kier molecular flexibility index (Phi) is 3.43. The van der Waals surface area contributed by atoms with E-state index in [1.54, 1.807) is 0 Å². The van der Waals surface area contributed by atoms with E-state index in [4.69, 9.17) is 21.3 Å². The molecule has 2 aliphatic heterocycles. The van der Waals surface area contributed by atoms with Crippen LogP contribution in [0.4, 0.5) is 5.82 Å². The summed E-state index contributed by atoms with van der Waals surface area (Å²) in [7, 11) is 2.12. The number of rotatable bonds is 1. The van der Waals surface area contributed by atoms with Crippen LogP contribution >= 0.6 is 11.6 Å². The van der Waals surface area contributed by atoms with Gasteiger partial charge in [-0.15, -0.1) is 0 Å². The van der Waals surface area contributed by atoms with Crippen molar-refractivity contribution in [3.8, 4) is 0 Å². The number of anilines is 1. The van der Waals surface area contributed by atoms with E-state index in [1.165, 1.54) is 0 Å². The van der Waals surface area contributed by atoms with Crippen LogP contribution in [0.2, 0.25) is 5.28 Å². The van der Waals surface area contributed by atoms with Crippen molar-refractivity contribution in [3.05, 3.63) is 11.1 Å². The van der Waals surface area contributed by atoms with Crippen molar-refractivity contribution in [1.82, 2.24) is 24.4 Å². The van der Waals surface area contributed by atoms with Crippen LogP contribution in [0, 0.1) is 0 Å². The molecule has 0 amide bonds. The van der Waals surface area contributed by atoms with Crippen molar-refractivity contribution in [2.24, 2.45) is 0 Å². The lowest BCUT2D eigenvalue weighted by molar-refractivity contribution is 0.122. The zero-order chi connectivity index (χ0) is 15.3. The monoisotopic (exact) mass is 322 g/mol. The van der Waals surface area contributed by atoms with Crippen LogP contribution in [-0.4, -0.2) is 64.3 Å². The summed E-state index contributed by atoms with van der Waals surface area (Å²) < 4.78 is 7.60. The minimum absolute atomic E-state index is 0.263. The van der Waals surface area contributed by atoms with Gasteiger partial charge in [-0.3, -0.25) is 4.90 Å². The highest BCUT2D eigenvalue weighted by Gasteiger charge is 2.28. The van der Waals surface area contributed by atoms with Gasteiger partial charge >= 0.3 is 0 Å². The van der Waals surface area contributed by atoms with Crippen LogP contribution in [0.1, 0.15) is 18.8 Å². The van der Waals surface area contributed by atoms with E-state index in [2.05, 4.69) is 38.3 Å². The van der Waals surface area contributed by atoms with Crippen molar-refractivity contribution in [3.63, 3.8) is 0 Å². The molecule has 2 aliphatic rings. The maximum atomic E-state index is 6.18. The summed E-state index contributed by atoms with van der Waals surface area (Å²) in [6, 6.07) is 0.263. The molecule has 0 spiro atoms. The van der Waals surface area contributed by atoms with Gasteiger partial charge in [-0.1, -0.05) is 0 Å². The minimum Gasteiger partial charge on any atom is -0.378 e. The molecule has 0 radical (unpaired) electrons. The highest BCUT2D eigenvalue weighted by molar-refractivity contribution is 6.28. The molecule has 4 heterocycles. The molecule has 1 unspecified atom stereocenters. The first kappa shape index (κ1) is 14.2. The molecule has 0 aliphatic carbocycles. The third kappa shape index (κ3) is 2.15. The number of nitrogens with zero attached hydrogens (tertiary/aromatic N) is 6. The van der Waals surface area contributed by atoms with Gasteiger partial charge in [0.05, 0.1) is 19.3 Å². The fraction of sp³-hybridized carbons (Fsp3) is 0.643. The lowest BCUT2D eigenvalue weighted by atomic mass is 10.2. The number of hydrogen-bond acceptors (Lipinski definition) is 6. The number of morpholine rings is 1. The van der Waals surface area contributed by atoms with Gasteiger partial charge in [0.15, 0.2) is 17.0 Å². The molecule has 118 valence electrons. The Morgan fingerprint density at radius 2 is 1.86 bits per heavy atom. The standard InChI is InChI=1S/C14H19ClN6O/c1-9-11-16-10-12(20-5-7-22-8-6-20)17-14(15)18-13(10)21(11)4-3-19(9)2/h9H,3-8H2,1-2H3. The Morgan fingerprint density at radius 1 is 1.09 bits per heavy atom. The van der Waals surface area contributed by atoms with Crippen molar-refractivity contribution in [2.45, 2.75) is 19.5 Å². The van der Waals surface area contributed by atoms with Crippen LogP contribution in [0.3, 0.4) is 0 Å². The molecule has 4 rings (SSSR count). The smallest absolute Gasteiger partial charge is 0.226 e. The SMILES string of the molecule is CC1c2nc3c(N4CCOCC4)nc(Cl)nc3n2CCN1C. The normalized spacial score (nSPS) is 23.0. The lowest BCUT2D eigenvalue weighted by Crippen LogP contribution is -2.37. The summed E-state index contributed by atoms with van der Waals surface area (Å²) >= 11 is 6.18. The van der Waals surface area contributed by atoms with E-state index < -0.39 is 0 Å². The van der Waals surface area contributed by atoms with E-state index in [-0.39, 0.29) is 11.3 Å². The molecule has 2 aromatic heterocycles. The first-order valence-electron chi connectivity index (χ1n) is 7.62. The maximum absolute atomic E-state index is 6.18. The zero-order valence-corrected chi connectivity index (χ0v) is 13.5. The molecular formula is C14H19ClN6O. The largest absolute Gasteiger partial charge is 0.378 e. The topological polar surface area (TPSA) is 59.3 Å². The molecule has 8 heteroatoms. The van der Waals surface area contributed by atoms with Gasteiger partial charge in [0, 0.05) is 26.2 Å². The van der Waals surface area contributed by atoms with Crippen LogP contribution in [0.25, 0.3) is 11.2 Å². The summed E-state index contributed by atoms with van der Waals surface area (Å²) in [5, 5.41) is 0.281. The number of hydrogen-bond donors (Lipinski definition) is 0. The van der Waals surface area contributed by atoms with Crippen LogP contribution in [0.15, 0.2) is 0 Å². The van der Waals surface area contributed by atoms with E-state index >= 15 is 0 Å². The first-order chi connectivity index (χ1) is 10.6. The number of halogens is 1. The Balaban J connectivity index is 1.89. The highest BCUT2D eigenvalue weighted by Crippen LogP contribution is 2.31. The van der Waals surface area contributed by atoms with Crippen molar-refractivity contribution < 1.29 is 4.74 Å². The molecule has 0 bridgehead atoms. The van der Waals surface area contributed by atoms with Gasteiger partial charge in [0.2, 0.25) is 5.28 Å². The quantitative estimate of drug-likeness (QED) is 0.738. The second kappa shape index (κ2) is 5.33. The molecule has 2 aromatic rings. The summed E-state index contributed by atoms with van der Waals surface area (Å²) in [5.74, 6) is 1.87. The molecule has 0 aromatic carbocycles. The number of aromatic nitrogens is 4. The van der Waals surface area contributed by atoms with E-state index in [1.807, 2.05) is 0 Å². The van der Waals surface area contributed by atoms with Gasteiger partial charge in [0.25, 0.3) is 0 Å². The first-order valence-corrected chi connectivity index (χ1v) is 7.99. The number of fused-ring (bicyclic) bond motifs is 3. The molecule has 1 saturated heterocycles. The van der Waals surface area contributed by atoms with Gasteiger partial charge in [-0.25, -0.2) is 4.98 Å². The van der Waals surface area contributed by atoms with Crippen molar-refractivity contribution >= 4 is 28.6 Å². The summed E-state index contributed by atoms with van der Waals surface area (Å²) in [6.07, 6.45) is 0. The molecule has 1 atom stereocenters. The maximum Gasteiger partial charge on any atom is 0.226 e. The number of likely N-dealkylation sites (N-methyl/N-ethyl adjacent to an activating group) is 1. The Bertz CT molecular complexity index is 711. The van der Waals surface area contributed by atoms with Crippen molar-refractivity contribution in [1.29, 1.82) is 0 Å². The highest BCUT2D eigenvalue weighted by atomic mass is 35.5. The average molecular weight is 323 g/mol. The zero-order valence-electron chi connectivity index (χ0n) is 12.8. The van der Waals surface area contributed by atoms with Gasteiger partial charge < -0.3 is 14.2 Å². The molecule has 7 nitrogen and oxygen atoms in total. The lowest BCUT2D eigenvalue weighted by Gasteiger charge is -2.30. The van der Waals surface area contributed by atoms with Crippen LogP contribution in [0.5, 0.6) is 0 Å². The summed E-state index contributed by atoms with van der Waals surface area (Å²) in [5.41, 5.74) is 1.69. The molecular weight excluding hydrogens is 304 g/mol. The van der Waals surface area contributed by atoms with E-state index in [0.29, 0.717) is 13.2 Å². The fourth-order valence-corrected chi connectivity index (χ4v) is 3.32. The second-order valence-electron chi connectivity index (χ2n) is 5.87. The Morgan fingerprint density at radius 3 is 2.64 bits per heavy atom. The Hall–Kier alpha value is -1.44. The predicted molar refractivity (Wildman–Crippen MR) is 84.4 cm³/mol. The van der Waals surface area contributed by atoms with Gasteiger partial charge in [0.1, 0.15) is 5.82 Å². The summed E-state index contributed by atoms with van der Waals surface area (Å²) in [4.78, 5) is 18.2. The molecule has 0 saturated carbocycles. The third-order valence-corrected chi connectivity index (χ3v) is 4.77. The van der Waals surface area contributed by atoms with Crippen molar-refractivity contribution in [2.75, 3.05) is 44.8 Å². The second-order valence-corrected chi connectivity index (χ2v) is 6.20. The average Bonchev–Trinajstić information content (AvgIpc) is 2.90. The number of imidazole rings is 1.